The molecule has 0 heterocycles. The summed E-state index contributed by atoms with van der Waals surface area (Å²) in [6, 6.07) is 17.2. The lowest BCUT2D eigenvalue weighted by Gasteiger charge is -2.31. The van der Waals surface area contributed by atoms with Gasteiger partial charge in [0.15, 0.2) is 0 Å². The average molecular weight is 522 g/mol. The molecule has 1 aliphatic carbocycles. The highest BCUT2D eigenvalue weighted by molar-refractivity contribution is 5.90. The minimum atomic E-state index is -0.666. The molecular formula is C32H47N3O3. The zero-order chi connectivity index (χ0) is 27.5. The normalized spacial score (nSPS) is 16.1. The highest BCUT2D eigenvalue weighted by Crippen LogP contribution is 2.20. The van der Waals surface area contributed by atoms with Crippen LogP contribution in [0, 0.1) is 5.92 Å². The molecule has 0 aromatic heterocycles. The maximum Gasteiger partial charge on any atom is 0.243 e. The van der Waals surface area contributed by atoms with Gasteiger partial charge in [0.05, 0.1) is 6.04 Å². The van der Waals surface area contributed by atoms with Crippen molar-refractivity contribution in [3.05, 3.63) is 65.7 Å². The van der Waals surface area contributed by atoms with Crippen LogP contribution in [-0.2, 0) is 22.6 Å². The van der Waals surface area contributed by atoms with Gasteiger partial charge in [-0.3, -0.25) is 9.59 Å². The monoisotopic (exact) mass is 521 g/mol. The maximum atomic E-state index is 13.5. The fraction of sp³-hybridized carbons (Fsp3) is 0.562. The number of hydrogen-bond donors (Lipinski definition) is 3. The van der Waals surface area contributed by atoms with Crippen LogP contribution in [0.4, 0.5) is 0 Å². The van der Waals surface area contributed by atoms with Crippen LogP contribution in [0.2, 0.25) is 0 Å². The van der Waals surface area contributed by atoms with Crippen molar-refractivity contribution in [2.75, 3.05) is 0 Å². The largest absolute Gasteiger partial charge is 0.489 e. The van der Waals surface area contributed by atoms with Crippen LogP contribution in [0.25, 0.3) is 0 Å². The van der Waals surface area contributed by atoms with Crippen molar-refractivity contribution < 1.29 is 14.3 Å². The summed E-state index contributed by atoms with van der Waals surface area (Å²) >= 11 is 0. The molecule has 1 saturated carbocycles. The third-order valence-corrected chi connectivity index (χ3v) is 6.81. The van der Waals surface area contributed by atoms with E-state index >= 15 is 0 Å². The van der Waals surface area contributed by atoms with E-state index in [2.05, 4.69) is 29.8 Å². The summed E-state index contributed by atoms with van der Waals surface area (Å²) in [5.41, 5.74) is 1.68. The van der Waals surface area contributed by atoms with Gasteiger partial charge in [0.25, 0.3) is 0 Å². The first-order valence-corrected chi connectivity index (χ1v) is 14.2. The lowest BCUT2D eigenvalue weighted by molar-refractivity contribution is -0.131. The molecule has 0 spiro atoms. The first-order chi connectivity index (χ1) is 18.1. The average Bonchev–Trinajstić information content (AvgIpc) is 2.87. The summed E-state index contributed by atoms with van der Waals surface area (Å²) in [5.74, 6) is 0.871. The molecule has 208 valence electrons. The van der Waals surface area contributed by atoms with Gasteiger partial charge in [-0.25, -0.2) is 0 Å². The van der Waals surface area contributed by atoms with Gasteiger partial charge in [-0.05, 0) is 69.2 Å². The van der Waals surface area contributed by atoms with Crippen molar-refractivity contribution in [2.24, 2.45) is 5.92 Å². The Labute approximate surface area is 229 Å². The minimum Gasteiger partial charge on any atom is -0.489 e. The number of amides is 2. The summed E-state index contributed by atoms with van der Waals surface area (Å²) in [4.78, 5) is 26.8. The molecule has 0 aliphatic heterocycles. The van der Waals surface area contributed by atoms with Gasteiger partial charge in [-0.2, -0.15) is 0 Å². The van der Waals surface area contributed by atoms with Gasteiger partial charge in [-0.15, -0.1) is 0 Å². The quantitative estimate of drug-likeness (QED) is 0.342. The Bertz CT molecular complexity index is 993. The highest BCUT2D eigenvalue weighted by Gasteiger charge is 2.30. The predicted octanol–water partition coefficient (Wildman–Crippen LogP) is 5.54. The second-order valence-electron chi connectivity index (χ2n) is 12.1. The van der Waals surface area contributed by atoms with Crippen LogP contribution in [-0.4, -0.2) is 35.5 Å². The van der Waals surface area contributed by atoms with Crippen LogP contribution < -0.4 is 20.7 Å². The van der Waals surface area contributed by atoms with Crippen molar-refractivity contribution >= 4 is 11.8 Å². The van der Waals surface area contributed by atoms with Crippen molar-refractivity contribution in [1.82, 2.24) is 16.0 Å². The molecule has 1 fully saturated rings. The van der Waals surface area contributed by atoms with Crippen LogP contribution in [0.1, 0.15) is 84.3 Å². The van der Waals surface area contributed by atoms with E-state index < -0.39 is 11.6 Å². The smallest absolute Gasteiger partial charge is 0.243 e. The standard InChI is InChI=1S/C32H47N3O3/c1-23(2)20-28(33-26-14-10-7-11-15-26)30(36)34-29(31(37)35-32(3,4)5)21-24-16-18-27(19-17-24)38-22-25-12-8-6-9-13-25/h6,8-9,12-13,16-19,23,26,28-29,33H,7,10-11,14-15,20-22H2,1-5H3,(H,34,36)(H,35,37). The van der Waals surface area contributed by atoms with E-state index in [0.29, 0.717) is 25.0 Å². The van der Waals surface area contributed by atoms with E-state index in [9.17, 15) is 9.59 Å². The van der Waals surface area contributed by atoms with Crippen molar-refractivity contribution in [2.45, 2.75) is 110 Å². The second-order valence-corrected chi connectivity index (χ2v) is 12.1. The van der Waals surface area contributed by atoms with Crippen LogP contribution in [0.5, 0.6) is 5.75 Å². The number of carbonyl (C=O) groups excluding carboxylic acids is 2. The van der Waals surface area contributed by atoms with Gasteiger partial charge in [0.1, 0.15) is 18.4 Å². The number of carbonyl (C=O) groups is 2. The number of benzene rings is 2. The first-order valence-electron chi connectivity index (χ1n) is 14.2. The van der Waals surface area contributed by atoms with E-state index in [0.717, 1.165) is 36.1 Å². The first kappa shape index (κ1) is 29.7. The molecule has 1 aliphatic rings. The van der Waals surface area contributed by atoms with Crippen molar-refractivity contribution in [3.8, 4) is 5.75 Å². The van der Waals surface area contributed by atoms with E-state index in [1.165, 1.54) is 19.3 Å². The Kier molecular flexibility index (Phi) is 11.2. The lowest BCUT2D eigenvalue weighted by atomic mass is 9.93. The van der Waals surface area contributed by atoms with Gasteiger partial charge in [0.2, 0.25) is 11.8 Å². The van der Waals surface area contributed by atoms with Crippen molar-refractivity contribution in [3.63, 3.8) is 0 Å². The molecule has 2 atom stereocenters. The lowest BCUT2D eigenvalue weighted by Crippen LogP contribution is -2.57. The Morgan fingerprint density at radius 1 is 0.868 bits per heavy atom. The van der Waals surface area contributed by atoms with Gasteiger partial charge >= 0.3 is 0 Å². The number of hydrogen-bond acceptors (Lipinski definition) is 4. The molecule has 2 aromatic rings. The SMILES string of the molecule is CC(C)CC(NC1CCCCC1)C(=O)NC(Cc1ccc(OCc2ccccc2)cc1)C(=O)NC(C)(C)C. The molecule has 6 nitrogen and oxygen atoms in total. The van der Waals surface area contributed by atoms with Crippen LogP contribution in [0.3, 0.4) is 0 Å². The van der Waals surface area contributed by atoms with Gasteiger partial charge in [0, 0.05) is 18.0 Å². The summed E-state index contributed by atoms with van der Waals surface area (Å²) in [5, 5.41) is 9.77. The zero-order valence-electron chi connectivity index (χ0n) is 23.9. The molecule has 0 saturated heterocycles. The molecule has 0 bridgehead atoms. The van der Waals surface area contributed by atoms with Crippen LogP contribution in [0.15, 0.2) is 54.6 Å². The summed E-state index contributed by atoms with van der Waals surface area (Å²) in [7, 11) is 0. The Hall–Kier alpha value is -2.86. The molecule has 38 heavy (non-hydrogen) atoms. The Morgan fingerprint density at radius 3 is 2.13 bits per heavy atom. The van der Waals surface area contributed by atoms with Crippen LogP contribution >= 0.6 is 0 Å². The van der Waals surface area contributed by atoms with Gasteiger partial charge < -0.3 is 20.7 Å². The molecule has 3 N–H and O–H groups in total. The molecule has 3 rings (SSSR count). The van der Waals surface area contributed by atoms with Crippen molar-refractivity contribution in [1.29, 1.82) is 0 Å². The van der Waals surface area contributed by atoms with E-state index in [4.69, 9.17) is 4.74 Å². The van der Waals surface area contributed by atoms with Gasteiger partial charge in [-0.1, -0.05) is 75.6 Å². The minimum absolute atomic E-state index is 0.0962. The zero-order valence-corrected chi connectivity index (χ0v) is 23.9. The number of rotatable bonds is 12. The highest BCUT2D eigenvalue weighted by atomic mass is 16.5. The molecule has 6 heteroatoms. The third-order valence-electron chi connectivity index (χ3n) is 6.81. The maximum absolute atomic E-state index is 13.5. The molecular weight excluding hydrogens is 474 g/mol. The molecule has 2 aromatic carbocycles. The van der Waals surface area contributed by atoms with E-state index in [-0.39, 0.29) is 17.9 Å². The summed E-state index contributed by atoms with van der Waals surface area (Å²) in [6.07, 6.45) is 7.03. The summed E-state index contributed by atoms with van der Waals surface area (Å²) < 4.78 is 5.91. The number of ether oxygens (including phenoxy) is 1. The number of nitrogens with one attached hydrogen (secondary N) is 3. The third kappa shape index (κ3) is 10.5. The molecule has 2 amide bonds. The predicted molar refractivity (Wildman–Crippen MR) is 154 cm³/mol. The van der Waals surface area contributed by atoms with E-state index in [1.54, 1.807) is 0 Å². The Balaban J connectivity index is 1.68. The Morgan fingerprint density at radius 2 is 1.53 bits per heavy atom. The molecule has 0 radical (unpaired) electrons. The molecule has 2 unspecified atom stereocenters. The van der Waals surface area contributed by atoms with E-state index in [1.807, 2.05) is 75.4 Å². The fourth-order valence-corrected chi connectivity index (χ4v) is 4.91. The topological polar surface area (TPSA) is 79.5 Å². The summed E-state index contributed by atoms with van der Waals surface area (Å²) in [6.45, 7) is 10.6. The fourth-order valence-electron chi connectivity index (χ4n) is 4.91. The second kappa shape index (κ2) is 14.3.